The first kappa shape index (κ1) is 16.5. The van der Waals surface area contributed by atoms with E-state index in [1.165, 1.54) is 11.8 Å². The summed E-state index contributed by atoms with van der Waals surface area (Å²) in [5.41, 5.74) is 0.910. The molecule has 0 aliphatic carbocycles. The number of ketones is 1. The van der Waals surface area contributed by atoms with Crippen LogP contribution in [-0.2, 0) is 14.4 Å². The van der Waals surface area contributed by atoms with Gasteiger partial charge in [0, 0.05) is 10.9 Å². The molecule has 1 aromatic rings. The highest BCUT2D eigenvalue weighted by atomic mass is 35.5. The van der Waals surface area contributed by atoms with Gasteiger partial charge in [-0.05, 0) is 37.5 Å². The molecule has 1 saturated heterocycles. The number of carbonyl (C=O) groups excluding carboxylic acids is 2. The van der Waals surface area contributed by atoms with E-state index in [4.69, 9.17) is 16.7 Å². The number of nitrogens with zero attached hydrogens (tertiary/aromatic N) is 1. The van der Waals surface area contributed by atoms with E-state index in [9.17, 15) is 14.4 Å². The molecule has 1 amide bonds. The molecule has 1 aliphatic rings. The molecule has 2 atom stereocenters. The van der Waals surface area contributed by atoms with Crippen LogP contribution < -0.4 is 0 Å². The number of aliphatic carboxylic acids is 1. The molecule has 0 aromatic heterocycles. The van der Waals surface area contributed by atoms with Gasteiger partial charge in [-0.3, -0.25) is 14.4 Å². The maximum absolute atomic E-state index is 12.5. The first-order valence-electron chi connectivity index (χ1n) is 7.15. The van der Waals surface area contributed by atoms with E-state index in [0.717, 1.165) is 5.56 Å². The van der Waals surface area contributed by atoms with Gasteiger partial charge in [0.15, 0.2) is 0 Å². The van der Waals surface area contributed by atoms with Crippen molar-refractivity contribution in [1.82, 2.24) is 4.90 Å². The Morgan fingerprint density at radius 2 is 1.91 bits per heavy atom. The normalized spacial score (nSPS) is 21.7. The number of halogens is 1. The van der Waals surface area contributed by atoms with E-state index < -0.39 is 11.9 Å². The predicted molar refractivity (Wildman–Crippen MR) is 81.6 cm³/mol. The Bertz CT molecular complexity index is 584. The number of rotatable bonds is 5. The Balaban J connectivity index is 2.25. The smallest absolute Gasteiger partial charge is 0.304 e. The maximum Gasteiger partial charge on any atom is 0.304 e. The van der Waals surface area contributed by atoms with Crippen LogP contribution >= 0.6 is 11.6 Å². The number of Topliss-reactive ketones (excluding diaryl/α,β-unsaturated/α-hetero) is 1. The van der Waals surface area contributed by atoms with Crippen LogP contribution in [0.5, 0.6) is 0 Å². The molecule has 0 bridgehead atoms. The Hall–Kier alpha value is -1.88. The number of benzene rings is 1. The van der Waals surface area contributed by atoms with Gasteiger partial charge in [0.1, 0.15) is 5.78 Å². The van der Waals surface area contributed by atoms with Gasteiger partial charge in [0.25, 0.3) is 0 Å². The summed E-state index contributed by atoms with van der Waals surface area (Å²) in [6.07, 6.45) is 0.950. The van der Waals surface area contributed by atoms with Gasteiger partial charge in [-0.25, -0.2) is 0 Å². The van der Waals surface area contributed by atoms with Gasteiger partial charge in [0.2, 0.25) is 5.91 Å². The molecular weight excluding hydrogens is 306 g/mol. The second kappa shape index (κ2) is 6.92. The van der Waals surface area contributed by atoms with Crippen LogP contribution in [0.1, 0.15) is 37.8 Å². The Morgan fingerprint density at radius 1 is 1.27 bits per heavy atom. The van der Waals surface area contributed by atoms with Gasteiger partial charge in [0.05, 0.1) is 19.0 Å². The third kappa shape index (κ3) is 3.85. The van der Waals surface area contributed by atoms with Crippen LogP contribution in [0.3, 0.4) is 0 Å². The number of amides is 1. The lowest BCUT2D eigenvalue weighted by Gasteiger charge is -2.38. The molecule has 118 valence electrons. The monoisotopic (exact) mass is 323 g/mol. The van der Waals surface area contributed by atoms with Crippen molar-refractivity contribution < 1.29 is 19.5 Å². The van der Waals surface area contributed by atoms with Crippen molar-refractivity contribution in [3.05, 3.63) is 34.9 Å². The van der Waals surface area contributed by atoms with Crippen LogP contribution in [0, 0.1) is 5.92 Å². The van der Waals surface area contributed by atoms with E-state index >= 15 is 0 Å². The van der Waals surface area contributed by atoms with Crippen molar-refractivity contribution in [2.45, 2.75) is 32.2 Å². The molecule has 1 aromatic carbocycles. The summed E-state index contributed by atoms with van der Waals surface area (Å²) in [4.78, 5) is 36.4. The summed E-state index contributed by atoms with van der Waals surface area (Å²) in [5, 5.41) is 9.52. The second-order valence-corrected chi connectivity index (χ2v) is 6.04. The number of carboxylic acid groups (broad SMARTS) is 1. The molecule has 1 heterocycles. The van der Waals surface area contributed by atoms with E-state index in [-0.39, 0.29) is 30.7 Å². The molecule has 22 heavy (non-hydrogen) atoms. The molecule has 2 unspecified atom stereocenters. The molecule has 1 N–H and O–H groups in total. The van der Waals surface area contributed by atoms with E-state index in [2.05, 4.69) is 0 Å². The van der Waals surface area contributed by atoms with Crippen molar-refractivity contribution in [2.75, 3.05) is 6.54 Å². The molecule has 0 radical (unpaired) electrons. The van der Waals surface area contributed by atoms with Gasteiger partial charge in [-0.1, -0.05) is 23.7 Å². The molecular formula is C16H18ClNO4. The average molecular weight is 324 g/mol. The number of likely N-dealkylation sites (tertiary alicyclic amines) is 1. The zero-order valence-electron chi connectivity index (χ0n) is 12.3. The van der Waals surface area contributed by atoms with Crippen molar-refractivity contribution in [2.24, 2.45) is 5.92 Å². The maximum atomic E-state index is 12.5. The Labute approximate surface area is 133 Å². The third-order valence-corrected chi connectivity index (χ3v) is 4.12. The molecule has 6 heteroatoms. The summed E-state index contributed by atoms with van der Waals surface area (Å²) >= 11 is 5.88. The quantitative estimate of drug-likeness (QED) is 0.904. The number of hydrogen-bond donors (Lipinski definition) is 1. The highest BCUT2D eigenvalue weighted by molar-refractivity contribution is 6.30. The zero-order chi connectivity index (χ0) is 16.3. The minimum atomic E-state index is -0.994. The summed E-state index contributed by atoms with van der Waals surface area (Å²) in [7, 11) is 0. The summed E-state index contributed by atoms with van der Waals surface area (Å²) < 4.78 is 0. The fraction of sp³-hybridized carbons (Fsp3) is 0.438. The van der Waals surface area contributed by atoms with E-state index in [1.807, 2.05) is 12.1 Å². The van der Waals surface area contributed by atoms with E-state index in [0.29, 0.717) is 17.9 Å². The fourth-order valence-corrected chi connectivity index (χ4v) is 3.01. The second-order valence-electron chi connectivity index (χ2n) is 5.61. The highest BCUT2D eigenvalue weighted by Crippen LogP contribution is 2.35. The lowest BCUT2D eigenvalue weighted by Crippen LogP contribution is -2.46. The molecule has 0 spiro atoms. The van der Waals surface area contributed by atoms with Crippen molar-refractivity contribution in [1.29, 1.82) is 0 Å². The van der Waals surface area contributed by atoms with Crippen LogP contribution in [-0.4, -0.2) is 34.2 Å². The lowest BCUT2D eigenvalue weighted by atomic mass is 9.86. The Kier molecular flexibility index (Phi) is 5.19. The largest absolute Gasteiger partial charge is 0.481 e. The fourth-order valence-electron chi connectivity index (χ4n) is 2.89. The SMILES string of the molecule is CC(=O)CN1C(=O)C(CC(=O)O)CCC1c1ccc(Cl)cc1. The van der Waals surface area contributed by atoms with Crippen LogP contribution in [0.25, 0.3) is 0 Å². The van der Waals surface area contributed by atoms with Crippen molar-refractivity contribution in [3.8, 4) is 0 Å². The standard InChI is InChI=1S/C16H18ClNO4/c1-10(19)9-18-14(11-2-5-13(17)6-3-11)7-4-12(16(18)22)8-15(20)21/h2-3,5-6,12,14H,4,7-9H2,1H3,(H,20,21). The van der Waals surface area contributed by atoms with Gasteiger partial charge < -0.3 is 10.0 Å². The van der Waals surface area contributed by atoms with Crippen molar-refractivity contribution >= 4 is 29.3 Å². The summed E-state index contributed by atoms with van der Waals surface area (Å²) in [6, 6.07) is 6.96. The van der Waals surface area contributed by atoms with Gasteiger partial charge in [-0.2, -0.15) is 0 Å². The molecule has 2 rings (SSSR count). The zero-order valence-corrected chi connectivity index (χ0v) is 13.0. The van der Waals surface area contributed by atoms with Crippen LogP contribution in [0.4, 0.5) is 0 Å². The van der Waals surface area contributed by atoms with Gasteiger partial charge in [-0.15, -0.1) is 0 Å². The summed E-state index contributed by atoms with van der Waals surface area (Å²) in [6.45, 7) is 1.43. The lowest BCUT2D eigenvalue weighted by molar-refractivity contribution is -0.150. The molecule has 5 nitrogen and oxygen atoms in total. The first-order chi connectivity index (χ1) is 10.4. The minimum absolute atomic E-state index is 0.00223. The highest BCUT2D eigenvalue weighted by Gasteiger charge is 2.37. The number of carboxylic acids is 1. The molecule has 1 fully saturated rings. The minimum Gasteiger partial charge on any atom is -0.481 e. The van der Waals surface area contributed by atoms with E-state index in [1.54, 1.807) is 12.1 Å². The third-order valence-electron chi connectivity index (χ3n) is 3.87. The molecule has 1 aliphatic heterocycles. The van der Waals surface area contributed by atoms with Crippen molar-refractivity contribution in [3.63, 3.8) is 0 Å². The van der Waals surface area contributed by atoms with Crippen LogP contribution in [0.15, 0.2) is 24.3 Å². The number of carbonyl (C=O) groups is 3. The number of piperidine rings is 1. The Morgan fingerprint density at radius 3 is 2.45 bits per heavy atom. The summed E-state index contributed by atoms with van der Waals surface area (Å²) in [5.74, 6) is -1.93. The number of hydrogen-bond acceptors (Lipinski definition) is 3. The van der Waals surface area contributed by atoms with Crippen LogP contribution in [0.2, 0.25) is 5.02 Å². The first-order valence-corrected chi connectivity index (χ1v) is 7.53. The topological polar surface area (TPSA) is 74.7 Å². The van der Waals surface area contributed by atoms with Gasteiger partial charge >= 0.3 is 5.97 Å². The molecule has 0 saturated carbocycles. The average Bonchev–Trinajstić information content (AvgIpc) is 2.44. The predicted octanol–water partition coefficient (Wildman–Crippen LogP) is 2.68.